The van der Waals surface area contributed by atoms with Crippen molar-refractivity contribution in [2.24, 2.45) is 0 Å². The Morgan fingerprint density at radius 3 is 2.39 bits per heavy atom. The van der Waals surface area contributed by atoms with Gasteiger partial charge in [-0.3, -0.25) is 4.79 Å². The summed E-state index contributed by atoms with van der Waals surface area (Å²) < 4.78 is 22.6. The van der Waals surface area contributed by atoms with Gasteiger partial charge >= 0.3 is 0 Å². The Labute approximate surface area is 114 Å². The van der Waals surface area contributed by atoms with Crippen molar-refractivity contribution in [3.05, 3.63) is 40.9 Å². The standard InChI is InChI=1S/C12H8Cl2O3S/c1-7(15)8-2-4-10-9(6-8)3-5-11(12(10)13)18(14,16)17/h2-6H,1H3. The zero-order valence-corrected chi connectivity index (χ0v) is 11.6. The highest BCUT2D eigenvalue weighted by Gasteiger charge is 2.17. The van der Waals surface area contributed by atoms with E-state index in [1.165, 1.54) is 13.0 Å². The molecule has 94 valence electrons. The molecule has 6 heteroatoms. The summed E-state index contributed by atoms with van der Waals surface area (Å²) in [5, 5.41) is 1.30. The van der Waals surface area contributed by atoms with Gasteiger partial charge in [-0.2, -0.15) is 0 Å². The van der Waals surface area contributed by atoms with Crippen LogP contribution in [0.15, 0.2) is 35.2 Å². The summed E-state index contributed by atoms with van der Waals surface area (Å²) in [6, 6.07) is 7.77. The van der Waals surface area contributed by atoms with Gasteiger partial charge in [0.2, 0.25) is 0 Å². The minimum absolute atomic E-state index is 0.0672. The fourth-order valence-electron chi connectivity index (χ4n) is 1.68. The number of hydrogen-bond acceptors (Lipinski definition) is 3. The number of fused-ring (bicyclic) bond motifs is 1. The Balaban J connectivity index is 2.78. The summed E-state index contributed by atoms with van der Waals surface area (Å²) in [6.45, 7) is 1.46. The van der Waals surface area contributed by atoms with Gasteiger partial charge in [-0.15, -0.1) is 0 Å². The molecule has 0 N–H and O–H groups in total. The van der Waals surface area contributed by atoms with Gasteiger partial charge in [0.25, 0.3) is 9.05 Å². The lowest BCUT2D eigenvalue weighted by Crippen LogP contribution is -1.94. The van der Waals surface area contributed by atoms with Gasteiger partial charge in [-0.1, -0.05) is 29.8 Å². The topological polar surface area (TPSA) is 51.2 Å². The summed E-state index contributed by atoms with van der Waals surface area (Å²) in [7, 11) is 1.40. The first-order valence-electron chi connectivity index (χ1n) is 4.98. The zero-order valence-electron chi connectivity index (χ0n) is 9.28. The van der Waals surface area contributed by atoms with E-state index in [4.69, 9.17) is 22.3 Å². The van der Waals surface area contributed by atoms with Crippen molar-refractivity contribution < 1.29 is 13.2 Å². The smallest absolute Gasteiger partial charge is 0.262 e. The Morgan fingerprint density at radius 1 is 1.17 bits per heavy atom. The second-order valence-corrected chi connectivity index (χ2v) is 6.72. The number of ketones is 1. The molecule has 0 unspecified atom stereocenters. The molecule has 0 heterocycles. The Kier molecular flexibility index (Phi) is 3.36. The third-order valence-corrected chi connectivity index (χ3v) is 4.47. The first kappa shape index (κ1) is 13.3. The summed E-state index contributed by atoms with van der Waals surface area (Å²) in [4.78, 5) is 11.1. The van der Waals surface area contributed by atoms with Gasteiger partial charge < -0.3 is 0 Å². The summed E-state index contributed by atoms with van der Waals surface area (Å²) in [5.74, 6) is -0.0675. The predicted molar refractivity (Wildman–Crippen MR) is 72.0 cm³/mol. The molecule has 0 amide bonds. The monoisotopic (exact) mass is 302 g/mol. The Morgan fingerprint density at radius 2 is 1.83 bits per heavy atom. The second kappa shape index (κ2) is 4.53. The van der Waals surface area contributed by atoms with E-state index >= 15 is 0 Å². The SMILES string of the molecule is CC(=O)c1ccc2c(Cl)c(S(=O)(=O)Cl)ccc2c1. The van der Waals surface area contributed by atoms with Crippen molar-refractivity contribution >= 4 is 47.9 Å². The molecular weight excluding hydrogens is 295 g/mol. The third kappa shape index (κ3) is 2.36. The average Bonchev–Trinajstić information content (AvgIpc) is 2.27. The van der Waals surface area contributed by atoms with Gasteiger partial charge in [0.1, 0.15) is 4.90 Å². The number of benzene rings is 2. The number of hydrogen-bond donors (Lipinski definition) is 0. The van der Waals surface area contributed by atoms with Crippen molar-refractivity contribution in [1.29, 1.82) is 0 Å². The Hall–Kier alpha value is -1.10. The predicted octanol–water partition coefficient (Wildman–Crippen LogP) is 3.62. The number of carbonyl (C=O) groups is 1. The highest BCUT2D eigenvalue weighted by molar-refractivity contribution is 8.13. The number of carbonyl (C=O) groups excluding carboxylic acids is 1. The van der Waals surface area contributed by atoms with Gasteiger partial charge in [0, 0.05) is 21.6 Å². The van der Waals surface area contributed by atoms with E-state index in [2.05, 4.69) is 0 Å². The van der Waals surface area contributed by atoms with Gasteiger partial charge in [0.15, 0.2) is 5.78 Å². The van der Waals surface area contributed by atoms with Crippen LogP contribution in [0.1, 0.15) is 17.3 Å². The molecule has 2 aromatic carbocycles. The van der Waals surface area contributed by atoms with E-state index < -0.39 is 9.05 Å². The molecule has 0 spiro atoms. The minimum Gasteiger partial charge on any atom is -0.295 e. The van der Waals surface area contributed by atoms with Crippen LogP contribution in [0, 0.1) is 0 Å². The fraction of sp³-hybridized carbons (Fsp3) is 0.0833. The maximum absolute atomic E-state index is 11.3. The van der Waals surface area contributed by atoms with E-state index in [1.807, 2.05) is 0 Å². The number of halogens is 2. The van der Waals surface area contributed by atoms with Crippen LogP contribution in [0.2, 0.25) is 5.02 Å². The zero-order chi connectivity index (χ0) is 13.5. The minimum atomic E-state index is -3.88. The molecule has 2 rings (SSSR count). The fourth-order valence-corrected chi connectivity index (χ4v) is 3.28. The van der Waals surface area contributed by atoms with Crippen LogP contribution in [-0.2, 0) is 9.05 Å². The summed E-state index contributed by atoms with van der Waals surface area (Å²) in [6.07, 6.45) is 0. The van der Waals surface area contributed by atoms with E-state index in [1.54, 1.807) is 24.3 Å². The highest BCUT2D eigenvalue weighted by atomic mass is 35.7. The van der Waals surface area contributed by atoms with Crippen molar-refractivity contribution in [1.82, 2.24) is 0 Å². The van der Waals surface area contributed by atoms with Crippen LogP contribution < -0.4 is 0 Å². The molecule has 0 aliphatic carbocycles. The Bertz CT molecular complexity index is 751. The first-order valence-corrected chi connectivity index (χ1v) is 7.67. The van der Waals surface area contributed by atoms with E-state index in [-0.39, 0.29) is 15.7 Å². The van der Waals surface area contributed by atoms with Crippen LogP contribution in [0.3, 0.4) is 0 Å². The third-order valence-electron chi connectivity index (χ3n) is 2.59. The molecule has 0 bridgehead atoms. The molecule has 0 radical (unpaired) electrons. The molecular formula is C12H8Cl2O3S. The lowest BCUT2D eigenvalue weighted by molar-refractivity contribution is 0.101. The highest BCUT2D eigenvalue weighted by Crippen LogP contribution is 2.32. The van der Waals surface area contributed by atoms with Crippen molar-refractivity contribution in [3.63, 3.8) is 0 Å². The maximum Gasteiger partial charge on any atom is 0.262 e. The molecule has 0 saturated heterocycles. The summed E-state index contributed by atoms with van der Waals surface area (Å²) in [5.41, 5.74) is 0.542. The number of Topliss-reactive ketones (excluding diaryl/α,β-unsaturated/α-hetero) is 1. The van der Waals surface area contributed by atoms with Crippen molar-refractivity contribution in [3.8, 4) is 0 Å². The lowest BCUT2D eigenvalue weighted by Gasteiger charge is -2.06. The largest absolute Gasteiger partial charge is 0.295 e. The molecule has 18 heavy (non-hydrogen) atoms. The van der Waals surface area contributed by atoms with Crippen molar-refractivity contribution in [2.45, 2.75) is 11.8 Å². The normalized spacial score (nSPS) is 11.7. The molecule has 0 aliphatic heterocycles. The van der Waals surface area contributed by atoms with Crippen LogP contribution in [0.4, 0.5) is 0 Å². The van der Waals surface area contributed by atoms with Crippen LogP contribution >= 0.6 is 22.3 Å². The van der Waals surface area contributed by atoms with Crippen LogP contribution in [0.5, 0.6) is 0 Å². The van der Waals surface area contributed by atoms with Crippen LogP contribution in [0.25, 0.3) is 10.8 Å². The first-order chi connectivity index (χ1) is 8.30. The van der Waals surface area contributed by atoms with E-state index in [0.717, 1.165) is 0 Å². The van der Waals surface area contributed by atoms with Gasteiger partial charge in [-0.25, -0.2) is 8.42 Å². The van der Waals surface area contributed by atoms with Gasteiger partial charge in [-0.05, 0) is 24.4 Å². The van der Waals surface area contributed by atoms with Gasteiger partial charge in [0.05, 0.1) is 5.02 Å². The van der Waals surface area contributed by atoms with Crippen LogP contribution in [-0.4, -0.2) is 14.2 Å². The molecule has 0 saturated carbocycles. The molecule has 3 nitrogen and oxygen atoms in total. The maximum atomic E-state index is 11.3. The van der Waals surface area contributed by atoms with E-state index in [0.29, 0.717) is 16.3 Å². The number of rotatable bonds is 2. The van der Waals surface area contributed by atoms with Crippen molar-refractivity contribution in [2.75, 3.05) is 0 Å². The summed E-state index contributed by atoms with van der Waals surface area (Å²) >= 11 is 6.01. The quantitative estimate of drug-likeness (QED) is 0.629. The molecule has 0 aromatic heterocycles. The lowest BCUT2D eigenvalue weighted by atomic mass is 10.1. The molecule has 0 aliphatic rings. The molecule has 0 atom stereocenters. The van der Waals surface area contributed by atoms with E-state index in [9.17, 15) is 13.2 Å². The average molecular weight is 303 g/mol. The molecule has 0 fully saturated rings. The second-order valence-electron chi connectivity index (χ2n) is 3.81. The molecule has 2 aromatic rings.